The molecule has 186 valence electrons. The molecule has 0 saturated carbocycles. The van der Waals surface area contributed by atoms with Crippen LogP contribution in [-0.2, 0) is 25.3 Å². The Bertz CT molecular complexity index is 788. The molecule has 0 radical (unpaired) electrons. The van der Waals surface area contributed by atoms with Crippen LogP contribution in [0.3, 0.4) is 0 Å². The van der Waals surface area contributed by atoms with Gasteiger partial charge in [-0.2, -0.15) is 0 Å². The summed E-state index contributed by atoms with van der Waals surface area (Å²) in [4.78, 5) is 27.3. The van der Waals surface area contributed by atoms with Gasteiger partial charge in [-0.3, -0.25) is 4.79 Å². The Balaban J connectivity index is 2.13. The van der Waals surface area contributed by atoms with Crippen LogP contribution in [0.4, 0.5) is 4.79 Å². The number of piperidine rings is 1. The van der Waals surface area contributed by atoms with Gasteiger partial charge in [0.15, 0.2) is 8.32 Å². The number of hydrogen-bond acceptors (Lipinski definition) is 5. The SMILES string of the molecule is CCOC(=O)C1CC(C(C)(C)CO[Si](C)(C)C(C)(C)C)CN(C(=O)OCc2ccccc2)C1. The Morgan fingerprint density at radius 2 is 1.67 bits per heavy atom. The number of amides is 1. The first-order valence-electron chi connectivity index (χ1n) is 12.0. The smallest absolute Gasteiger partial charge is 0.410 e. The topological polar surface area (TPSA) is 65.1 Å². The molecule has 2 rings (SSSR count). The van der Waals surface area contributed by atoms with Gasteiger partial charge in [-0.25, -0.2) is 4.79 Å². The van der Waals surface area contributed by atoms with Crippen LogP contribution in [0.15, 0.2) is 30.3 Å². The second kappa shape index (κ2) is 11.0. The maximum atomic E-state index is 12.9. The van der Waals surface area contributed by atoms with Crippen LogP contribution >= 0.6 is 0 Å². The lowest BCUT2D eigenvalue weighted by atomic mass is 9.72. The highest BCUT2D eigenvalue weighted by Crippen LogP contribution is 2.41. The third-order valence-electron chi connectivity index (χ3n) is 7.25. The second-order valence-corrected chi connectivity index (χ2v) is 16.2. The summed E-state index contributed by atoms with van der Waals surface area (Å²) in [6, 6.07) is 9.62. The van der Waals surface area contributed by atoms with E-state index in [0.29, 0.717) is 32.7 Å². The van der Waals surface area contributed by atoms with Gasteiger partial charge >= 0.3 is 12.1 Å². The standard InChI is InChI=1S/C26H43NO5Si/c1-9-30-23(28)21-15-22(26(5,6)19-32-33(7,8)25(2,3)4)17-27(16-21)24(29)31-18-20-13-11-10-12-14-20/h10-14,21-22H,9,15-19H2,1-8H3. The average Bonchev–Trinajstić information content (AvgIpc) is 2.76. The zero-order valence-corrected chi connectivity index (χ0v) is 22.8. The summed E-state index contributed by atoms with van der Waals surface area (Å²) in [6.45, 7) is 19.3. The molecule has 1 saturated heterocycles. The summed E-state index contributed by atoms with van der Waals surface area (Å²) in [5, 5.41) is 0.121. The predicted molar refractivity (Wildman–Crippen MR) is 133 cm³/mol. The Hall–Kier alpha value is -1.86. The summed E-state index contributed by atoms with van der Waals surface area (Å²) in [6.07, 6.45) is 0.286. The van der Waals surface area contributed by atoms with Crippen LogP contribution in [0.2, 0.25) is 18.1 Å². The number of rotatable bonds is 8. The first-order chi connectivity index (χ1) is 15.3. The van der Waals surface area contributed by atoms with Gasteiger partial charge in [-0.1, -0.05) is 65.0 Å². The molecule has 2 atom stereocenters. The molecule has 0 spiro atoms. The minimum Gasteiger partial charge on any atom is -0.466 e. The van der Waals surface area contributed by atoms with Crippen molar-refractivity contribution in [2.75, 3.05) is 26.3 Å². The number of ether oxygens (including phenoxy) is 2. The van der Waals surface area contributed by atoms with Crippen LogP contribution in [0, 0.1) is 17.3 Å². The molecule has 1 fully saturated rings. The summed E-state index contributed by atoms with van der Waals surface area (Å²) in [5.74, 6) is -0.515. The van der Waals surface area contributed by atoms with Crippen molar-refractivity contribution < 1.29 is 23.5 Å². The van der Waals surface area contributed by atoms with E-state index in [0.717, 1.165) is 5.56 Å². The summed E-state index contributed by atoms with van der Waals surface area (Å²) >= 11 is 0. The molecule has 1 heterocycles. The monoisotopic (exact) mass is 477 g/mol. The molecule has 2 unspecified atom stereocenters. The first kappa shape index (κ1) is 27.4. The highest BCUT2D eigenvalue weighted by atomic mass is 28.4. The third kappa shape index (κ3) is 7.57. The average molecular weight is 478 g/mol. The number of carbonyl (C=O) groups is 2. The van der Waals surface area contributed by atoms with Crippen molar-refractivity contribution in [1.82, 2.24) is 4.90 Å². The first-order valence-corrected chi connectivity index (χ1v) is 14.9. The molecule has 0 aliphatic carbocycles. The van der Waals surface area contributed by atoms with Crippen molar-refractivity contribution in [3.05, 3.63) is 35.9 Å². The summed E-state index contributed by atoms with van der Waals surface area (Å²) in [5.41, 5.74) is 0.725. The molecule has 1 aromatic carbocycles. The zero-order chi connectivity index (χ0) is 24.9. The number of hydrogen-bond donors (Lipinski definition) is 0. The Kier molecular flexibility index (Phi) is 9.16. The third-order valence-corrected chi connectivity index (χ3v) is 11.7. The van der Waals surface area contributed by atoms with E-state index in [1.807, 2.05) is 30.3 Å². The van der Waals surface area contributed by atoms with Gasteiger partial charge < -0.3 is 18.8 Å². The van der Waals surface area contributed by atoms with Crippen molar-refractivity contribution in [2.45, 2.75) is 72.7 Å². The van der Waals surface area contributed by atoms with E-state index in [9.17, 15) is 9.59 Å². The van der Waals surface area contributed by atoms with Gasteiger partial charge in [0.05, 0.1) is 12.5 Å². The molecule has 1 aliphatic rings. The quantitative estimate of drug-likeness (QED) is 0.346. The van der Waals surface area contributed by atoms with Gasteiger partial charge in [0.2, 0.25) is 0 Å². The number of carbonyl (C=O) groups excluding carboxylic acids is 2. The molecule has 6 nitrogen and oxygen atoms in total. The summed E-state index contributed by atoms with van der Waals surface area (Å²) in [7, 11) is -1.92. The molecular formula is C26H43NO5Si. The fraction of sp³-hybridized carbons (Fsp3) is 0.692. The largest absolute Gasteiger partial charge is 0.466 e. The van der Waals surface area contributed by atoms with Gasteiger partial charge in [-0.15, -0.1) is 0 Å². The van der Waals surface area contributed by atoms with Crippen LogP contribution in [0.25, 0.3) is 0 Å². The molecule has 1 aliphatic heterocycles. The Morgan fingerprint density at radius 1 is 1.03 bits per heavy atom. The van der Waals surface area contributed by atoms with Crippen molar-refractivity contribution in [2.24, 2.45) is 17.3 Å². The van der Waals surface area contributed by atoms with E-state index in [-0.39, 0.29) is 41.0 Å². The van der Waals surface area contributed by atoms with Crippen molar-refractivity contribution >= 4 is 20.4 Å². The second-order valence-electron chi connectivity index (χ2n) is 11.4. The lowest BCUT2D eigenvalue weighted by Crippen LogP contribution is -2.52. The maximum absolute atomic E-state index is 12.9. The van der Waals surface area contributed by atoms with E-state index in [2.05, 4.69) is 47.7 Å². The molecule has 1 amide bonds. The minimum atomic E-state index is -1.92. The van der Waals surface area contributed by atoms with Crippen molar-refractivity contribution in [1.29, 1.82) is 0 Å². The molecule has 0 aromatic heterocycles. The highest BCUT2D eigenvalue weighted by Gasteiger charge is 2.44. The van der Waals surface area contributed by atoms with Crippen LogP contribution in [0.1, 0.15) is 53.5 Å². The molecule has 33 heavy (non-hydrogen) atoms. The number of benzene rings is 1. The Morgan fingerprint density at radius 3 is 2.24 bits per heavy atom. The van der Waals surface area contributed by atoms with Gasteiger partial charge in [0.1, 0.15) is 6.61 Å². The normalized spacial score (nSPS) is 19.8. The minimum absolute atomic E-state index is 0.0923. The van der Waals surface area contributed by atoms with E-state index in [4.69, 9.17) is 13.9 Å². The van der Waals surface area contributed by atoms with Crippen molar-refractivity contribution in [3.63, 3.8) is 0 Å². The highest BCUT2D eigenvalue weighted by molar-refractivity contribution is 6.74. The zero-order valence-electron chi connectivity index (χ0n) is 21.8. The molecular weight excluding hydrogens is 434 g/mol. The van der Waals surface area contributed by atoms with E-state index in [1.54, 1.807) is 11.8 Å². The Labute approximate surface area is 201 Å². The van der Waals surface area contributed by atoms with Crippen molar-refractivity contribution in [3.8, 4) is 0 Å². The molecule has 0 bridgehead atoms. The lowest BCUT2D eigenvalue weighted by molar-refractivity contribution is -0.151. The maximum Gasteiger partial charge on any atom is 0.410 e. The van der Waals surface area contributed by atoms with Crippen LogP contribution < -0.4 is 0 Å². The van der Waals surface area contributed by atoms with E-state index >= 15 is 0 Å². The molecule has 1 aromatic rings. The lowest BCUT2D eigenvalue weighted by Gasteiger charge is -2.45. The predicted octanol–water partition coefficient (Wildman–Crippen LogP) is 5.87. The van der Waals surface area contributed by atoms with Gasteiger partial charge in [0, 0.05) is 19.7 Å². The fourth-order valence-electron chi connectivity index (χ4n) is 3.76. The fourth-order valence-corrected chi connectivity index (χ4v) is 4.92. The number of esters is 1. The van der Waals surface area contributed by atoms with Gasteiger partial charge in [0.25, 0.3) is 0 Å². The van der Waals surface area contributed by atoms with E-state index < -0.39 is 8.32 Å². The number of nitrogens with zero attached hydrogens (tertiary/aromatic N) is 1. The number of likely N-dealkylation sites (tertiary alicyclic amines) is 1. The molecule has 0 N–H and O–H groups in total. The van der Waals surface area contributed by atoms with Crippen LogP contribution in [0.5, 0.6) is 0 Å². The van der Waals surface area contributed by atoms with Gasteiger partial charge in [-0.05, 0) is 48.4 Å². The van der Waals surface area contributed by atoms with Crippen LogP contribution in [-0.4, -0.2) is 51.6 Å². The van der Waals surface area contributed by atoms with E-state index in [1.165, 1.54) is 0 Å². The molecule has 7 heteroatoms. The summed E-state index contributed by atoms with van der Waals surface area (Å²) < 4.78 is 17.4.